The van der Waals surface area contributed by atoms with Crippen molar-refractivity contribution in [1.29, 1.82) is 0 Å². The monoisotopic (exact) mass is 496 g/mol. The summed E-state index contributed by atoms with van der Waals surface area (Å²) < 4.78 is 89.6. The van der Waals surface area contributed by atoms with Gasteiger partial charge in [0.05, 0.1) is 18.3 Å². The smallest absolute Gasteiger partial charge is 0.426 e. The van der Waals surface area contributed by atoms with Crippen molar-refractivity contribution in [3.05, 3.63) is 64.7 Å². The molecule has 0 spiro atoms. The van der Waals surface area contributed by atoms with E-state index in [9.17, 15) is 31.1 Å². The summed E-state index contributed by atoms with van der Waals surface area (Å²) in [5, 5.41) is 2.57. The predicted molar refractivity (Wildman–Crippen MR) is 108 cm³/mol. The molecule has 33 heavy (non-hydrogen) atoms. The predicted octanol–water partition coefficient (Wildman–Crippen LogP) is 5.91. The standard InChI is InChI=1S/C21H19ClF6N2O3/c22-15-4-6-16(7-5-15)29-19(31)33-18(21(26,27)28)12-30-8-9-32-17(11-30)13-2-1-3-14(10-13)20(23,24)25/h1-7,10,17-18H,8-9,11-12H2,(H,29,31)/t17-,18?/m1/s1. The molecule has 1 aliphatic rings. The largest absolute Gasteiger partial charge is 0.435 e. The van der Waals surface area contributed by atoms with Crippen molar-refractivity contribution in [2.45, 2.75) is 24.6 Å². The number of nitrogens with one attached hydrogen (secondary N) is 1. The summed E-state index contributed by atoms with van der Waals surface area (Å²) in [5.74, 6) is 0. The molecule has 0 bridgehead atoms. The Kier molecular flexibility index (Phi) is 7.76. The number of nitrogens with zero attached hydrogens (tertiary/aromatic N) is 1. The third kappa shape index (κ3) is 7.24. The maximum atomic E-state index is 13.5. The molecule has 0 saturated carbocycles. The molecule has 0 radical (unpaired) electrons. The van der Waals surface area contributed by atoms with E-state index >= 15 is 0 Å². The van der Waals surface area contributed by atoms with Crippen LogP contribution in [0, 0.1) is 0 Å². The zero-order chi connectivity index (χ0) is 24.2. The number of ether oxygens (including phenoxy) is 2. The Morgan fingerprint density at radius 3 is 2.48 bits per heavy atom. The Balaban J connectivity index is 1.65. The van der Waals surface area contributed by atoms with Crippen LogP contribution in [-0.4, -0.2) is 49.5 Å². The first-order valence-electron chi connectivity index (χ1n) is 9.73. The third-order valence-corrected chi connectivity index (χ3v) is 5.12. The van der Waals surface area contributed by atoms with Gasteiger partial charge in [-0.15, -0.1) is 0 Å². The van der Waals surface area contributed by atoms with Crippen molar-refractivity contribution in [3.63, 3.8) is 0 Å². The maximum Gasteiger partial charge on any atom is 0.426 e. The minimum atomic E-state index is -4.86. The molecule has 1 amide bonds. The number of hydrogen-bond donors (Lipinski definition) is 1. The minimum absolute atomic E-state index is 0.00244. The second-order valence-corrected chi connectivity index (χ2v) is 7.75. The average Bonchev–Trinajstić information content (AvgIpc) is 2.74. The van der Waals surface area contributed by atoms with Gasteiger partial charge < -0.3 is 9.47 Å². The summed E-state index contributed by atoms with van der Waals surface area (Å²) >= 11 is 5.72. The van der Waals surface area contributed by atoms with Crippen LogP contribution in [0.1, 0.15) is 17.2 Å². The van der Waals surface area contributed by atoms with E-state index < -0.39 is 42.8 Å². The molecule has 2 aromatic rings. The van der Waals surface area contributed by atoms with Crippen molar-refractivity contribution in [1.82, 2.24) is 4.90 Å². The zero-order valence-corrected chi connectivity index (χ0v) is 17.7. The molecule has 12 heteroatoms. The second-order valence-electron chi connectivity index (χ2n) is 7.31. The van der Waals surface area contributed by atoms with Crippen LogP contribution in [0.5, 0.6) is 0 Å². The highest BCUT2D eigenvalue weighted by atomic mass is 35.5. The first-order valence-corrected chi connectivity index (χ1v) is 10.1. The summed E-state index contributed by atoms with van der Waals surface area (Å²) in [5.41, 5.74) is -0.489. The van der Waals surface area contributed by atoms with Gasteiger partial charge in [0.1, 0.15) is 0 Å². The first kappa shape index (κ1) is 25.1. The van der Waals surface area contributed by atoms with Crippen LogP contribution in [0.25, 0.3) is 0 Å². The highest BCUT2D eigenvalue weighted by Crippen LogP contribution is 2.33. The Labute approximate surface area is 190 Å². The molecule has 0 aliphatic carbocycles. The number of halogens is 7. The summed E-state index contributed by atoms with van der Waals surface area (Å²) in [4.78, 5) is 13.3. The van der Waals surface area contributed by atoms with Gasteiger partial charge in [0.2, 0.25) is 6.10 Å². The van der Waals surface area contributed by atoms with Crippen molar-refractivity contribution in [3.8, 4) is 0 Å². The number of hydrogen-bond acceptors (Lipinski definition) is 4. The van der Waals surface area contributed by atoms with Crippen molar-refractivity contribution in [2.75, 3.05) is 31.6 Å². The lowest BCUT2D eigenvalue weighted by atomic mass is 10.0. The van der Waals surface area contributed by atoms with Crippen LogP contribution < -0.4 is 5.32 Å². The average molecular weight is 497 g/mol. The molecule has 5 nitrogen and oxygen atoms in total. The third-order valence-electron chi connectivity index (χ3n) is 4.87. The topological polar surface area (TPSA) is 50.8 Å². The van der Waals surface area contributed by atoms with Crippen LogP contribution in [0.15, 0.2) is 48.5 Å². The molecule has 1 N–H and O–H groups in total. The van der Waals surface area contributed by atoms with Gasteiger partial charge in [-0.05, 0) is 42.0 Å². The van der Waals surface area contributed by atoms with Crippen molar-refractivity contribution in [2.24, 2.45) is 0 Å². The minimum Gasteiger partial charge on any atom is -0.435 e. The summed E-state index contributed by atoms with van der Waals surface area (Å²) in [7, 11) is 0. The zero-order valence-electron chi connectivity index (χ0n) is 16.9. The van der Waals surface area contributed by atoms with Crippen LogP contribution in [0.2, 0.25) is 5.02 Å². The van der Waals surface area contributed by atoms with E-state index in [0.29, 0.717) is 5.02 Å². The van der Waals surface area contributed by atoms with Gasteiger partial charge in [-0.25, -0.2) is 4.79 Å². The molecular formula is C21H19ClF6N2O3. The van der Waals surface area contributed by atoms with Gasteiger partial charge in [0.25, 0.3) is 0 Å². The molecule has 0 aromatic heterocycles. The highest BCUT2D eigenvalue weighted by molar-refractivity contribution is 6.30. The Hall–Kier alpha value is -2.50. The van der Waals surface area contributed by atoms with Gasteiger partial charge in [-0.1, -0.05) is 23.7 Å². The quantitative estimate of drug-likeness (QED) is 0.523. The number of amides is 1. The lowest BCUT2D eigenvalue weighted by Gasteiger charge is -2.35. The van der Waals surface area contributed by atoms with E-state index in [2.05, 4.69) is 10.1 Å². The lowest BCUT2D eigenvalue weighted by Crippen LogP contribution is -2.48. The van der Waals surface area contributed by atoms with E-state index in [4.69, 9.17) is 16.3 Å². The fourth-order valence-electron chi connectivity index (χ4n) is 3.24. The maximum absolute atomic E-state index is 13.5. The number of rotatable bonds is 5. The fourth-order valence-corrected chi connectivity index (χ4v) is 3.36. The van der Waals surface area contributed by atoms with Crippen molar-refractivity contribution >= 4 is 23.4 Å². The summed E-state index contributed by atoms with van der Waals surface area (Å²) in [6.45, 7) is -0.709. The van der Waals surface area contributed by atoms with Gasteiger partial charge in [0, 0.05) is 30.3 Å². The molecule has 1 aliphatic heterocycles. The molecular weight excluding hydrogens is 478 g/mol. The van der Waals surface area contributed by atoms with Crippen LogP contribution >= 0.6 is 11.6 Å². The Morgan fingerprint density at radius 2 is 1.85 bits per heavy atom. The SMILES string of the molecule is O=C(Nc1ccc(Cl)cc1)OC(CN1CCO[C@@H](c2cccc(C(F)(F)F)c2)C1)C(F)(F)F. The summed E-state index contributed by atoms with van der Waals surface area (Å²) in [6, 6.07) is 10.1. The number of carbonyl (C=O) groups excluding carboxylic acids is 1. The molecule has 1 heterocycles. The number of morpholine rings is 1. The number of carbonyl (C=O) groups is 1. The van der Waals surface area contributed by atoms with E-state index in [-0.39, 0.29) is 30.9 Å². The molecule has 1 unspecified atom stereocenters. The highest BCUT2D eigenvalue weighted by Gasteiger charge is 2.44. The Bertz CT molecular complexity index is 952. The second kappa shape index (κ2) is 10.2. The summed E-state index contributed by atoms with van der Waals surface area (Å²) in [6.07, 6.45) is -14.0. The van der Waals surface area contributed by atoms with E-state index in [1.807, 2.05) is 0 Å². The molecule has 1 fully saturated rings. The van der Waals surface area contributed by atoms with E-state index in [1.54, 1.807) is 0 Å². The lowest BCUT2D eigenvalue weighted by molar-refractivity contribution is -0.209. The van der Waals surface area contributed by atoms with Crippen LogP contribution in [0.4, 0.5) is 36.8 Å². The molecule has 1 saturated heterocycles. The number of anilines is 1. The Morgan fingerprint density at radius 1 is 1.15 bits per heavy atom. The van der Waals surface area contributed by atoms with Crippen molar-refractivity contribution < 1.29 is 40.6 Å². The van der Waals surface area contributed by atoms with E-state index in [0.717, 1.165) is 12.1 Å². The normalized spacial score (nSPS) is 18.6. The van der Waals surface area contributed by atoms with Gasteiger partial charge in [-0.3, -0.25) is 10.2 Å². The van der Waals surface area contributed by atoms with Gasteiger partial charge >= 0.3 is 18.4 Å². The fraction of sp³-hybridized carbons (Fsp3) is 0.381. The number of benzene rings is 2. The van der Waals surface area contributed by atoms with Gasteiger partial charge in [-0.2, -0.15) is 26.3 Å². The first-order chi connectivity index (χ1) is 15.4. The number of alkyl halides is 6. The molecule has 2 aromatic carbocycles. The van der Waals surface area contributed by atoms with Crippen LogP contribution in [-0.2, 0) is 15.7 Å². The molecule has 180 valence electrons. The van der Waals surface area contributed by atoms with Gasteiger partial charge in [0.15, 0.2) is 0 Å². The molecule has 3 rings (SSSR count). The van der Waals surface area contributed by atoms with Crippen LogP contribution in [0.3, 0.4) is 0 Å². The molecule has 2 atom stereocenters. The van der Waals surface area contributed by atoms with E-state index in [1.165, 1.54) is 41.3 Å².